The lowest BCUT2D eigenvalue weighted by atomic mass is 10.0. The average molecular weight is 472 g/mol. The number of hydrogen-bond donors (Lipinski definition) is 3. The second-order valence-corrected chi connectivity index (χ2v) is 9.93. The van der Waals surface area contributed by atoms with Gasteiger partial charge in [0.05, 0.1) is 18.2 Å². The fourth-order valence-corrected chi connectivity index (χ4v) is 4.71. The summed E-state index contributed by atoms with van der Waals surface area (Å²) in [6.45, 7) is 5.85. The number of benzene rings is 1. The number of nitrogen functional groups attached to an aromatic ring is 1. The average Bonchev–Trinajstić information content (AvgIpc) is 3.07. The van der Waals surface area contributed by atoms with E-state index in [1.165, 1.54) is 29.2 Å². The lowest BCUT2D eigenvalue weighted by Crippen LogP contribution is -2.26. The van der Waals surface area contributed by atoms with Crippen molar-refractivity contribution in [3.8, 4) is 0 Å². The molecule has 0 bridgehead atoms. The zero-order valence-electron chi connectivity index (χ0n) is 17.3. The highest BCUT2D eigenvalue weighted by atomic mass is 32.2. The summed E-state index contributed by atoms with van der Waals surface area (Å²) < 4.78 is 39.8. The Balaban J connectivity index is 1.90. The van der Waals surface area contributed by atoms with E-state index in [2.05, 4.69) is 34.1 Å². The van der Waals surface area contributed by atoms with E-state index >= 15 is 0 Å². The van der Waals surface area contributed by atoms with Crippen molar-refractivity contribution in [2.75, 3.05) is 17.7 Å². The molecule has 0 spiro atoms. The summed E-state index contributed by atoms with van der Waals surface area (Å²) in [5.74, 6) is 0.876. The van der Waals surface area contributed by atoms with Crippen LogP contribution in [0.4, 0.5) is 24.1 Å². The van der Waals surface area contributed by atoms with Gasteiger partial charge in [0.15, 0.2) is 21.8 Å². The quantitative estimate of drug-likeness (QED) is 0.301. The van der Waals surface area contributed by atoms with Crippen LogP contribution in [0.25, 0.3) is 10.3 Å². The molecule has 3 rings (SSSR count). The van der Waals surface area contributed by atoms with Crippen LogP contribution in [-0.2, 0) is 6.18 Å². The minimum absolute atomic E-state index is 0.0684. The molecule has 1 unspecified atom stereocenters. The van der Waals surface area contributed by atoms with E-state index in [9.17, 15) is 18.3 Å². The molecule has 2 aromatic heterocycles. The molecule has 0 saturated carbocycles. The third-order valence-electron chi connectivity index (χ3n) is 4.53. The van der Waals surface area contributed by atoms with Gasteiger partial charge in [0.1, 0.15) is 4.70 Å². The van der Waals surface area contributed by atoms with E-state index in [1.54, 1.807) is 13.0 Å². The van der Waals surface area contributed by atoms with Crippen molar-refractivity contribution >= 4 is 44.4 Å². The Kier molecular flexibility index (Phi) is 7.28. The highest BCUT2D eigenvalue weighted by Crippen LogP contribution is 2.38. The normalized spacial score (nSPS) is 14.2. The fourth-order valence-electron chi connectivity index (χ4n) is 3.11. The maximum Gasteiger partial charge on any atom is 0.416 e. The Morgan fingerprint density at radius 1 is 1.19 bits per heavy atom. The lowest BCUT2D eigenvalue weighted by molar-refractivity contribution is -0.137. The monoisotopic (exact) mass is 471 g/mol. The van der Waals surface area contributed by atoms with Crippen molar-refractivity contribution in [2.45, 2.75) is 49.8 Å². The summed E-state index contributed by atoms with van der Waals surface area (Å²) in [6, 6.07) is 5.02. The molecule has 2 atom stereocenters. The number of aromatic nitrogens is 3. The van der Waals surface area contributed by atoms with Gasteiger partial charge in [-0.15, -0.1) is 0 Å². The first-order chi connectivity index (χ1) is 14.6. The molecule has 0 aliphatic rings. The van der Waals surface area contributed by atoms with Gasteiger partial charge in [-0.1, -0.05) is 55.1 Å². The second kappa shape index (κ2) is 9.58. The maximum absolute atomic E-state index is 13.1. The van der Waals surface area contributed by atoms with Gasteiger partial charge in [0.25, 0.3) is 0 Å². The molecule has 0 saturated heterocycles. The second-order valence-electron chi connectivity index (χ2n) is 7.60. The zero-order chi connectivity index (χ0) is 22.8. The molecule has 0 amide bonds. The molecule has 3 aromatic rings. The standard InChI is InChI=1S/C20H24F3N5OS2/c1-10(2)7-14(9-29)25-16-15-17(26-18(24)31-15)28-19(27-16)30-11(3)12-5-4-6-13(8-12)20(21,22)23/h4-6,8,10-11,14,29H,7,9H2,1-3H3,(H3,24,25,26,27,28)/t11?,14-/m1/s1. The van der Waals surface area contributed by atoms with Crippen molar-refractivity contribution in [1.29, 1.82) is 0 Å². The van der Waals surface area contributed by atoms with Crippen LogP contribution in [-0.4, -0.2) is 32.7 Å². The number of anilines is 2. The fraction of sp³-hybridized carbons (Fsp3) is 0.450. The molecule has 11 heteroatoms. The number of nitrogens with one attached hydrogen (secondary N) is 1. The maximum atomic E-state index is 13.1. The molecular formula is C20H24F3N5OS2. The van der Waals surface area contributed by atoms with Crippen molar-refractivity contribution in [3.63, 3.8) is 0 Å². The van der Waals surface area contributed by atoms with Gasteiger partial charge < -0.3 is 16.2 Å². The molecule has 0 aliphatic heterocycles. The number of nitrogens with two attached hydrogens (primary N) is 1. The van der Waals surface area contributed by atoms with Crippen LogP contribution < -0.4 is 11.1 Å². The van der Waals surface area contributed by atoms with Crippen molar-refractivity contribution in [1.82, 2.24) is 15.0 Å². The number of alkyl halides is 3. The molecular weight excluding hydrogens is 447 g/mol. The van der Waals surface area contributed by atoms with Crippen LogP contribution >= 0.6 is 23.1 Å². The van der Waals surface area contributed by atoms with Crippen LogP contribution in [0.1, 0.15) is 43.6 Å². The highest BCUT2D eigenvalue weighted by Gasteiger charge is 2.31. The van der Waals surface area contributed by atoms with E-state index < -0.39 is 11.7 Å². The van der Waals surface area contributed by atoms with Gasteiger partial charge in [0.2, 0.25) is 0 Å². The summed E-state index contributed by atoms with van der Waals surface area (Å²) in [5, 5.41) is 13.4. The largest absolute Gasteiger partial charge is 0.416 e. The number of thioether (sulfide) groups is 1. The van der Waals surface area contributed by atoms with Gasteiger partial charge >= 0.3 is 6.18 Å². The SMILES string of the molecule is CC(C)C[C@H](CO)Nc1nc(SC(C)c2cccc(C(F)(F)F)c2)nc2nc(N)sc12. The summed E-state index contributed by atoms with van der Waals surface area (Å²) in [6.07, 6.45) is -3.67. The van der Waals surface area contributed by atoms with Gasteiger partial charge in [-0.25, -0.2) is 15.0 Å². The predicted octanol–water partition coefficient (Wildman–Crippen LogP) is 5.36. The summed E-state index contributed by atoms with van der Waals surface area (Å²) in [7, 11) is 0. The minimum atomic E-state index is -4.40. The molecule has 2 heterocycles. The Labute approximate surface area is 186 Å². The number of aliphatic hydroxyl groups excluding tert-OH is 1. The Hall–Kier alpha value is -2.11. The Bertz CT molecular complexity index is 1040. The molecule has 168 valence electrons. The van der Waals surface area contributed by atoms with E-state index in [0.717, 1.165) is 18.6 Å². The number of hydrogen-bond acceptors (Lipinski definition) is 8. The third-order valence-corrected chi connectivity index (χ3v) is 6.43. The molecule has 6 nitrogen and oxygen atoms in total. The molecule has 0 radical (unpaired) electrons. The summed E-state index contributed by atoms with van der Waals surface area (Å²) in [4.78, 5) is 13.2. The van der Waals surface area contributed by atoms with Gasteiger partial charge in [-0.2, -0.15) is 13.2 Å². The van der Waals surface area contributed by atoms with Crippen LogP contribution in [0, 0.1) is 5.92 Å². The first-order valence-corrected chi connectivity index (χ1v) is 11.4. The summed E-state index contributed by atoms with van der Waals surface area (Å²) >= 11 is 2.48. The molecule has 4 N–H and O–H groups in total. The van der Waals surface area contributed by atoms with Crippen LogP contribution in [0.15, 0.2) is 29.4 Å². The van der Waals surface area contributed by atoms with Crippen molar-refractivity contribution in [2.24, 2.45) is 5.92 Å². The zero-order valence-corrected chi connectivity index (χ0v) is 18.9. The number of halogens is 3. The minimum Gasteiger partial charge on any atom is -0.394 e. The first kappa shape index (κ1) is 23.6. The van der Waals surface area contributed by atoms with Gasteiger partial charge in [0, 0.05) is 5.25 Å². The van der Waals surface area contributed by atoms with Crippen molar-refractivity contribution < 1.29 is 18.3 Å². The Morgan fingerprint density at radius 3 is 2.58 bits per heavy atom. The Morgan fingerprint density at radius 2 is 1.94 bits per heavy atom. The van der Waals surface area contributed by atoms with Crippen LogP contribution in [0.3, 0.4) is 0 Å². The third kappa shape index (κ3) is 5.98. The highest BCUT2D eigenvalue weighted by molar-refractivity contribution is 7.99. The van der Waals surface area contributed by atoms with Gasteiger partial charge in [-0.05, 0) is 30.9 Å². The van der Waals surface area contributed by atoms with Crippen LogP contribution in [0.2, 0.25) is 0 Å². The van der Waals surface area contributed by atoms with Gasteiger partial charge in [-0.3, -0.25) is 0 Å². The number of aliphatic hydroxyl groups is 1. The van der Waals surface area contributed by atoms with E-state index in [4.69, 9.17) is 5.73 Å². The number of nitrogens with zero attached hydrogens (tertiary/aromatic N) is 3. The number of fused-ring (bicyclic) bond motifs is 1. The molecule has 0 aliphatic carbocycles. The predicted molar refractivity (Wildman–Crippen MR) is 119 cm³/mol. The van der Waals surface area contributed by atoms with E-state index in [-0.39, 0.29) is 17.9 Å². The number of thiazole rings is 1. The lowest BCUT2D eigenvalue weighted by Gasteiger charge is -2.19. The van der Waals surface area contributed by atoms with E-state index in [1.807, 2.05) is 0 Å². The summed E-state index contributed by atoms with van der Waals surface area (Å²) in [5.41, 5.74) is 6.09. The van der Waals surface area contributed by atoms with Crippen LogP contribution in [0.5, 0.6) is 0 Å². The molecule has 1 aromatic carbocycles. The first-order valence-electron chi connectivity index (χ1n) is 9.72. The molecule has 0 fully saturated rings. The smallest absolute Gasteiger partial charge is 0.394 e. The topological polar surface area (TPSA) is 97.0 Å². The van der Waals surface area contributed by atoms with E-state index in [0.29, 0.717) is 37.9 Å². The number of rotatable bonds is 8. The molecule has 31 heavy (non-hydrogen) atoms. The van der Waals surface area contributed by atoms with Crippen molar-refractivity contribution in [3.05, 3.63) is 35.4 Å².